The fourth-order valence-electron chi connectivity index (χ4n) is 3.63. The average molecular weight is 449 g/mol. The fraction of sp³-hybridized carbons (Fsp3) is 0.571. The van der Waals surface area contributed by atoms with Gasteiger partial charge in [-0.1, -0.05) is 13.0 Å². The molecule has 1 fully saturated rings. The van der Waals surface area contributed by atoms with Crippen LogP contribution in [0.3, 0.4) is 0 Å². The fourth-order valence-corrected chi connectivity index (χ4v) is 4.43. The van der Waals surface area contributed by atoms with Gasteiger partial charge in [0.25, 0.3) is 0 Å². The van der Waals surface area contributed by atoms with Gasteiger partial charge in [-0.05, 0) is 12.5 Å². The summed E-state index contributed by atoms with van der Waals surface area (Å²) in [5.41, 5.74) is 1.05. The molecule has 2 heterocycles. The molecule has 0 bridgehead atoms. The van der Waals surface area contributed by atoms with Crippen molar-refractivity contribution in [1.29, 1.82) is 0 Å². The number of piperazine rings is 1. The van der Waals surface area contributed by atoms with Crippen molar-refractivity contribution in [1.82, 2.24) is 19.6 Å². The Bertz CT molecular complexity index is 880. The number of nitrogens with one attached hydrogen (secondary N) is 1. The van der Waals surface area contributed by atoms with Crippen molar-refractivity contribution in [3.05, 3.63) is 23.5 Å². The molecule has 3 rings (SSSR count). The molecule has 10 heteroatoms. The second-order valence-corrected chi connectivity index (χ2v) is 7.77. The number of methoxy groups -OCH3 is 3. The Morgan fingerprint density at radius 1 is 1.10 bits per heavy atom. The third-order valence-electron chi connectivity index (χ3n) is 5.30. The average Bonchev–Trinajstić information content (AvgIpc) is 3.30. The molecule has 0 amide bonds. The molecule has 1 aromatic carbocycles. The summed E-state index contributed by atoms with van der Waals surface area (Å²) in [6.07, 6.45) is 1.64. The van der Waals surface area contributed by atoms with Crippen LogP contribution in [0, 0.1) is 0 Å². The Hall–Kier alpha value is -2.75. The van der Waals surface area contributed by atoms with Crippen molar-refractivity contribution in [3.8, 4) is 17.2 Å². The number of aromatic nitrogens is 2. The van der Waals surface area contributed by atoms with Crippen LogP contribution in [-0.2, 0) is 12.8 Å². The van der Waals surface area contributed by atoms with E-state index in [0.29, 0.717) is 17.2 Å². The van der Waals surface area contributed by atoms with Crippen molar-refractivity contribution in [3.63, 3.8) is 0 Å². The van der Waals surface area contributed by atoms with E-state index in [4.69, 9.17) is 14.2 Å². The smallest absolute Gasteiger partial charge is 0.205 e. The molecule has 0 aliphatic carbocycles. The molecule has 0 unspecified atom stereocenters. The second kappa shape index (κ2) is 11.0. The summed E-state index contributed by atoms with van der Waals surface area (Å²) in [6, 6.07) is 3.91. The van der Waals surface area contributed by atoms with Gasteiger partial charge in [0.2, 0.25) is 10.9 Å². The highest BCUT2D eigenvalue weighted by molar-refractivity contribution is 7.09. The van der Waals surface area contributed by atoms with Crippen LogP contribution in [0.2, 0.25) is 0 Å². The Labute approximate surface area is 188 Å². The van der Waals surface area contributed by atoms with Crippen LogP contribution < -0.4 is 24.4 Å². The van der Waals surface area contributed by atoms with E-state index in [1.807, 2.05) is 19.2 Å². The number of ether oxygens (including phenoxy) is 3. The lowest BCUT2D eigenvalue weighted by molar-refractivity contribution is 0.322. The third-order valence-corrected chi connectivity index (χ3v) is 6.11. The molecule has 1 aliphatic rings. The van der Waals surface area contributed by atoms with Gasteiger partial charge in [-0.15, -0.1) is 0 Å². The number of hydrogen-bond acceptors (Lipinski definition) is 8. The molecular formula is C21H32N6O3S. The van der Waals surface area contributed by atoms with Crippen LogP contribution in [0.4, 0.5) is 5.13 Å². The normalized spacial score (nSPS) is 14.5. The zero-order valence-electron chi connectivity index (χ0n) is 19.0. The third kappa shape index (κ3) is 5.30. The van der Waals surface area contributed by atoms with Crippen molar-refractivity contribution in [2.75, 3.05) is 66.0 Å². The first-order valence-corrected chi connectivity index (χ1v) is 11.2. The number of benzene rings is 1. The van der Waals surface area contributed by atoms with Crippen molar-refractivity contribution in [2.45, 2.75) is 19.8 Å². The Morgan fingerprint density at radius 3 is 2.42 bits per heavy atom. The van der Waals surface area contributed by atoms with Crippen molar-refractivity contribution >= 4 is 22.6 Å². The standard InChI is InChI=1S/C21H32N6O3S/c1-6-17-24-21(31-25-17)27-13-11-26(12-14-27)20(22-2)23-10-9-15-7-8-16(28-3)19(30-5)18(15)29-4/h7-8H,6,9-14H2,1-5H3,(H,22,23). The maximum atomic E-state index is 5.58. The lowest BCUT2D eigenvalue weighted by atomic mass is 10.1. The van der Waals surface area contributed by atoms with Crippen LogP contribution in [0.15, 0.2) is 17.1 Å². The van der Waals surface area contributed by atoms with Crippen molar-refractivity contribution < 1.29 is 14.2 Å². The van der Waals surface area contributed by atoms with Gasteiger partial charge in [-0.2, -0.15) is 4.37 Å². The molecule has 2 aromatic rings. The predicted octanol–water partition coefficient (Wildman–Crippen LogP) is 2.07. The first-order valence-electron chi connectivity index (χ1n) is 10.5. The topological polar surface area (TPSA) is 84.3 Å². The minimum Gasteiger partial charge on any atom is -0.493 e. The number of aliphatic imine (C=N–C) groups is 1. The molecule has 0 spiro atoms. The molecule has 0 saturated carbocycles. The van der Waals surface area contributed by atoms with E-state index in [2.05, 4.69) is 36.4 Å². The summed E-state index contributed by atoms with van der Waals surface area (Å²) < 4.78 is 20.8. The van der Waals surface area contributed by atoms with E-state index >= 15 is 0 Å². The minimum atomic E-state index is 0.617. The lowest BCUT2D eigenvalue weighted by Gasteiger charge is -2.36. The largest absolute Gasteiger partial charge is 0.493 e. The first-order chi connectivity index (χ1) is 15.1. The number of guanidine groups is 1. The summed E-state index contributed by atoms with van der Waals surface area (Å²) in [5, 5.41) is 4.49. The van der Waals surface area contributed by atoms with Crippen LogP contribution in [0.5, 0.6) is 17.2 Å². The van der Waals surface area contributed by atoms with E-state index in [9.17, 15) is 0 Å². The van der Waals surface area contributed by atoms with Gasteiger partial charge in [-0.25, -0.2) is 4.98 Å². The quantitative estimate of drug-likeness (QED) is 0.485. The van der Waals surface area contributed by atoms with E-state index in [0.717, 1.165) is 68.0 Å². The zero-order chi connectivity index (χ0) is 22.2. The summed E-state index contributed by atoms with van der Waals surface area (Å²) in [5.74, 6) is 3.81. The Kier molecular flexibility index (Phi) is 8.16. The summed E-state index contributed by atoms with van der Waals surface area (Å²) >= 11 is 1.49. The highest BCUT2D eigenvalue weighted by atomic mass is 32.1. The van der Waals surface area contributed by atoms with Crippen LogP contribution in [0.1, 0.15) is 18.3 Å². The number of aryl methyl sites for hydroxylation is 1. The molecule has 0 radical (unpaired) electrons. The molecule has 9 nitrogen and oxygen atoms in total. The minimum absolute atomic E-state index is 0.617. The van der Waals surface area contributed by atoms with Crippen LogP contribution >= 0.6 is 11.5 Å². The highest BCUT2D eigenvalue weighted by Crippen LogP contribution is 2.39. The molecule has 1 saturated heterocycles. The molecule has 170 valence electrons. The van der Waals surface area contributed by atoms with E-state index in [-0.39, 0.29) is 0 Å². The summed E-state index contributed by atoms with van der Waals surface area (Å²) in [7, 11) is 6.71. The van der Waals surface area contributed by atoms with E-state index < -0.39 is 0 Å². The first kappa shape index (κ1) is 22.9. The maximum Gasteiger partial charge on any atom is 0.205 e. The van der Waals surface area contributed by atoms with Gasteiger partial charge in [-0.3, -0.25) is 4.99 Å². The number of hydrogen-bond donors (Lipinski definition) is 1. The lowest BCUT2D eigenvalue weighted by Crippen LogP contribution is -2.52. The Morgan fingerprint density at radius 2 is 1.84 bits per heavy atom. The van der Waals surface area contributed by atoms with Crippen LogP contribution in [0.25, 0.3) is 0 Å². The number of rotatable bonds is 8. The molecule has 1 N–H and O–H groups in total. The van der Waals surface area contributed by atoms with Crippen LogP contribution in [-0.4, -0.2) is 81.3 Å². The maximum absolute atomic E-state index is 5.58. The zero-order valence-corrected chi connectivity index (χ0v) is 19.8. The van der Waals surface area contributed by atoms with E-state index in [1.165, 1.54) is 11.5 Å². The van der Waals surface area contributed by atoms with Gasteiger partial charge in [0.1, 0.15) is 5.82 Å². The molecule has 0 atom stereocenters. The summed E-state index contributed by atoms with van der Waals surface area (Å²) in [6.45, 7) is 6.40. The molecule has 31 heavy (non-hydrogen) atoms. The molecule has 1 aliphatic heterocycles. The monoisotopic (exact) mass is 448 g/mol. The Balaban J connectivity index is 1.55. The van der Waals surface area contributed by atoms with E-state index in [1.54, 1.807) is 21.3 Å². The van der Waals surface area contributed by atoms with Crippen molar-refractivity contribution in [2.24, 2.45) is 4.99 Å². The predicted molar refractivity (Wildman–Crippen MR) is 124 cm³/mol. The van der Waals surface area contributed by atoms with Gasteiger partial charge < -0.3 is 29.3 Å². The molecule has 1 aromatic heterocycles. The molecular weight excluding hydrogens is 416 g/mol. The SMILES string of the molecule is CCc1nsc(N2CCN(C(=NC)NCCc3ccc(OC)c(OC)c3OC)CC2)n1. The van der Waals surface area contributed by atoms with Gasteiger partial charge in [0.05, 0.1) is 21.3 Å². The number of nitrogens with zero attached hydrogens (tertiary/aromatic N) is 5. The highest BCUT2D eigenvalue weighted by Gasteiger charge is 2.22. The second-order valence-electron chi connectivity index (χ2n) is 7.04. The summed E-state index contributed by atoms with van der Waals surface area (Å²) in [4.78, 5) is 13.7. The van der Waals surface area contributed by atoms with Gasteiger partial charge in [0.15, 0.2) is 17.5 Å². The van der Waals surface area contributed by atoms with Gasteiger partial charge in [0, 0.05) is 63.3 Å². The number of anilines is 1. The van der Waals surface area contributed by atoms with Gasteiger partial charge >= 0.3 is 0 Å².